The number of piperidine rings is 1. The van der Waals surface area contributed by atoms with Gasteiger partial charge >= 0.3 is 6.09 Å². The molecule has 1 aliphatic rings. The molecule has 5 nitrogen and oxygen atoms in total. The van der Waals surface area contributed by atoms with Crippen molar-refractivity contribution in [3.05, 3.63) is 16.1 Å². The van der Waals surface area contributed by atoms with Crippen LogP contribution in [0.3, 0.4) is 0 Å². The first-order valence-electron chi connectivity index (χ1n) is 7.66. The molecule has 1 unspecified atom stereocenters. The molecule has 1 amide bonds. The summed E-state index contributed by atoms with van der Waals surface area (Å²) in [5.74, 6) is 0.157. The zero-order valence-corrected chi connectivity index (χ0v) is 14.5. The van der Waals surface area contributed by atoms with E-state index in [0.29, 0.717) is 19.5 Å². The number of ketones is 1. The second-order valence-corrected chi connectivity index (χ2v) is 7.68. The minimum Gasteiger partial charge on any atom is -0.444 e. The molecule has 1 saturated heterocycles. The van der Waals surface area contributed by atoms with Gasteiger partial charge in [0, 0.05) is 30.3 Å². The summed E-state index contributed by atoms with van der Waals surface area (Å²) < 4.78 is 5.40. The first-order chi connectivity index (χ1) is 10.3. The summed E-state index contributed by atoms with van der Waals surface area (Å²) in [6.07, 6.45) is 1.71. The van der Waals surface area contributed by atoms with Crippen molar-refractivity contribution in [3.63, 3.8) is 0 Å². The highest BCUT2D eigenvalue weighted by Crippen LogP contribution is 2.23. The molecular weight excluding hydrogens is 300 g/mol. The number of Topliss-reactive ketones (excluding diaryl/α,β-unsaturated/α-hetero) is 1. The van der Waals surface area contributed by atoms with Crippen LogP contribution in [-0.4, -0.2) is 40.5 Å². The molecule has 122 valence electrons. The zero-order valence-electron chi connectivity index (χ0n) is 13.7. The molecule has 1 atom stereocenters. The molecule has 0 saturated carbocycles. The Hall–Kier alpha value is -1.43. The van der Waals surface area contributed by atoms with Crippen LogP contribution in [0.25, 0.3) is 0 Å². The molecule has 6 heteroatoms. The third kappa shape index (κ3) is 4.53. The van der Waals surface area contributed by atoms with Crippen LogP contribution in [0.1, 0.15) is 44.2 Å². The van der Waals surface area contributed by atoms with Gasteiger partial charge < -0.3 is 9.64 Å². The number of hydrogen-bond acceptors (Lipinski definition) is 5. The number of likely N-dealkylation sites (tertiary alicyclic amines) is 1. The van der Waals surface area contributed by atoms with Crippen molar-refractivity contribution in [3.8, 4) is 0 Å². The van der Waals surface area contributed by atoms with Gasteiger partial charge in [-0.1, -0.05) is 0 Å². The maximum absolute atomic E-state index is 12.1. The van der Waals surface area contributed by atoms with Crippen molar-refractivity contribution in [1.29, 1.82) is 0 Å². The molecule has 2 rings (SSSR count). The number of thiazole rings is 1. The van der Waals surface area contributed by atoms with E-state index in [4.69, 9.17) is 4.74 Å². The van der Waals surface area contributed by atoms with Gasteiger partial charge in [-0.15, -0.1) is 11.3 Å². The minimum atomic E-state index is -0.506. The summed E-state index contributed by atoms with van der Waals surface area (Å²) >= 11 is 1.63. The number of hydrogen-bond donors (Lipinski definition) is 0. The lowest BCUT2D eigenvalue weighted by Crippen LogP contribution is -2.46. The fraction of sp³-hybridized carbons (Fsp3) is 0.688. The third-order valence-corrected chi connectivity index (χ3v) is 4.74. The summed E-state index contributed by atoms with van der Waals surface area (Å²) in [5.41, 5.74) is 2.37. The largest absolute Gasteiger partial charge is 0.444 e. The van der Waals surface area contributed by atoms with Gasteiger partial charge in [-0.25, -0.2) is 9.78 Å². The van der Waals surface area contributed by atoms with E-state index in [1.165, 1.54) is 4.88 Å². The standard InChI is InChI=1S/C16H24N2O3S/c1-11-14(22-10-17-11)6-5-12-9-18(8-7-13(12)19)15(20)21-16(2,3)4/h10,12H,5-9H2,1-4H3. The predicted octanol–water partition coefficient (Wildman–Crippen LogP) is 3.21. The quantitative estimate of drug-likeness (QED) is 0.856. The lowest BCUT2D eigenvalue weighted by atomic mass is 9.92. The molecule has 0 bridgehead atoms. The average molecular weight is 324 g/mol. The maximum atomic E-state index is 12.1. The topological polar surface area (TPSA) is 59.5 Å². The Morgan fingerprint density at radius 3 is 2.82 bits per heavy atom. The Morgan fingerprint density at radius 1 is 1.50 bits per heavy atom. The molecule has 0 aliphatic carbocycles. The van der Waals surface area contributed by atoms with Gasteiger partial charge in [0.25, 0.3) is 0 Å². The average Bonchev–Trinajstić information content (AvgIpc) is 2.81. The second kappa shape index (κ2) is 6.77. The third-order valence-electron chi connectivity index (χ3n) is 3.74. The highest BCUT2D eigenvalue weighted by Gasteiger charge is 2.32. The van der Waals surface area contributed by atoms with Crippen LogP contribution >= 0.6 is 11.3 Å². The van der Waals surface area contributed by atoms with E-state index in [1.54, 1.807) is 16.2 Å². The van der Waals surface area contributed by atoms with Gasteiger partial charge in [-0.05, 0) is 40.5 Å². The molecule has 0 N–H and O–H groups in total. The first kappa shape index (κ1) is 16.9. The summed E-state index contributed by atoms with van der Waals surface area (Å²) in [6, 6.07) is 0. The van der Waals surface area contributed by atoms with Crippen LogP contribution in [0.2, 0.25) is 0 Å². The number of carbonyl (C=O) groups excluding carboxylic acids is 2. The molecule has 0 spiro atoms. The summed E-state index contributed by atoms with van der Waals surface area (Å²) in [5, 5.41) is 0. The Labute approximate surface area is 135 Å². The summed E-state index contributed by atoms with van der Waals surface area (Å²) in [6.45, 7) is 8.47. The normalized spacial score (nSPS) is 19.4. The van der Waals surface area contributed by atoms with Crippen LogP contribution in [0.5, 0.6) is 0 Å². The molecule has 0 radical (unpaired) electrons. The van der Waals surface area contributed by atoms with E-state index >= 15 is 0 Å². The van der Waals surface area contributed by atoms with Crippen LogP contribution in [0.4, 0.5) is 4.79 Å². The summed E-state index contributed by atoms with van der Waals surface area (Å²) in [7, 11) is 0. The zero-order chi connectivity index (χ0) is 16.3. The first-order valence-corrected chi connectivity index (χ1v) is 8.54. The molecule has 0 aromatic carbocycles. The lowest BCUT2D eigenvalue weighted by Gasteiger charge is -2.33. The van der Waals surface area contributed by atoms with Gasteiger partial charge in [0.15, 0.2) is 0 Å². The minimum absolute atomic E-state index is 0.0947. The molecule has 22 heavy (non-hydrogen) atoms. The van der Waals surface area contributed by atoms with Gasteiger partial charge in [0.1, 0.15) is 11.4 Å². The van der Waals surface area contributed by atoms with E-state index in [2.05, 4.69) is 4.98 Å². The van der Waals surface area contributed by atoms with E-state index in [1.807, 2.05) is 33.2 Å². The van der Waals surface area contributed by atoms with Crippen molar-refractivity contribution < 1.29 is 14.3 Å². The van der Waals surface area contributed by atoms with E-state index in [-0.39, 0.29) is 17.8 Å². The molecule has 1 aromatic heterocycles. The SMILES string of the molecule is Cc1ncsc1CCC1CN(C(=O)OC(C)(C)C)CCC1=O. The van der Waals surface area contributed by atoms with E-state index < -0.39 is 5.60 Å². The fourth-order valence-corrected chi connectivity index (χ4v) is 3.32. The fourth-order valence-electron chi connectivity index (χ4n) is 2.52. The lowest BCUT2D eigenvalue weighted by molar-refractivity contribution is -0.126. The van der Waals surface area contributed by atoms with Crippen molar-refractivity contribution >= 4 is 23.2 Å². The number of carbonyl (C=O) groups is 2. The van der Waals surface area contributed by atoms with Crippen LogP contribution in [0, 0.1) is 12.8 Å². The van der Waals surface area contributed by atoms with E-state index in [9.17, 15) is 9.59 Å². The second-order valence-electron chi connectivity index (χ2n) is 6.74. The number of nitrogens with zero attached hydrogens (tertiary/aromatic N) is 2. The van der Waals surface area contributed by atoms with Gasteiger partial charge in [0.2, 0.25) is 0 Å². The molecule has 1 aliphatic heterocycles. The number of amides is 1. The highest BCUT2D eigenvalue weighted by atomic mass is 32.1. The Bertz CT molecular complexity index is 548. The molecule has 2 heterocycles. The van der Waals surface area contributed by atoms with Gasteiger partial charge in [-0.2, -0.15) is 0 Å². The monoisotopic (exact) mass is 324 g/mol. The van der Waals surface area contributed by atoms with Crippen molar-refractivity contribution in [1.82, 2.24) is 9.88 Å². The smallest absolute Gasteiger partial charge is 0.410 e. The number of aryl methyl sites for hydroxylation is 2. The highest BCUT2D eigenvalue weighted by molar-refractivity contribution is 7.09. The number of rotatable bonds is 3. The van der Waals surface area contributed by atoms with E-state index in [0.717, 1.165) is 18.5 Å². The molecule has 1 fully saturated rings. The Balaban J connectivity index is 1.92. The van der Waals surface area contributed by atoms with Gasteiger partial charge in [-0.3, -0.25) is 4.79 Å². The Morgan fingerprint density at radius 2 is 2.23 bits per heavy atom. The summed E-state index contributed by atoms with van der Waals surface area (Å²) in [4.78, 5) is 31.4. The molecule has 1 aromatic rings. The van der Waals surface area contributed by atoms with Crippen molar-refractivity contribution in [2.45, 2.75) is 52.6 Å². The Kier molecular flexibility index (Phi) is 5.21. The molecular formula is C16H24N2O3S. The van der Waals surface area contributed by atoms with Crippen molar-refractivity contribution in [2.24, 2.45) is 5.92 Å². The number of ether oxygens (including phenoxy) is 1. The number of aromatic nitrogens is 1. The van der Waals surface area contributed by atoms with Crippen LogP contribution in [-0.2, 0) is 16.0 Å². The van der Waals surface area contributed by atoms with Crippen LogP contribution in [0.15, 0.2) is 5.51 Å². The van der Waals surface area contributed by atoms with Crippen LogP contribution < -0.4 is 0 Å². The maximum Gasteiger partial charge on any atom is 0.410 e. The van der Waals surface area contributed by atoms with Gasteiger partial charge in [0.05, 0.1) is 11.2 Å². The van der Waals surface area contributed by atoms with Crippen molar-refractivity contribution in [2.75, 3.05) is 13.1 Å². The predicted molar refractivity (Wildman–Crippen MR) is 86.1 cm³/mol.